The van der Waals surface area contributed by atoms with Crippen LogP contribution in [0.5, 0.6) is 0 Å². The number of nitrogens with zero attached hydrogens (tertiary/aromatic N) is 1. The fourth-order valence-electron chi connectivity index (χ4n) is 3.09. The molecule has 1 amide bonds. The van der Waals surface area contributed by atoms with Crippen molar-refractivity contribution in [2.24, 2.45) is 0 Å². The van der Waals surface area contributed by atoms with Crippen LogP contribution in [0.25, 0.3) is 0 Å². The van der Waals surface area contributed by atoms with E-state index in [4.69, 9.17) is 0 Å². The van der Waals surface area contributed by atoms with Gasteiger partial charge in [-0.15, -0.1) is 0 Å². The van der Waals surface area contributed by atoms with E-state index in [1.54, 1.807) is 0 Å². The quantitative estimate of drug-likeness (QED) is 0.876. The van der Waals surface area contributed by atoms with Crippen LogP contribution in [0.3, 0.4) is 0 Å². The summed E-state index contributed by atoms with van der Waals surface area (Å²) in [5, 5.41) is 12.5. The van der Waals surface area contributed by atoms with Crippen molar-refractivity contribution in [1.29, 1.82) is 0 Å². The monoisotopic (exact) mass is 290 g/mol. The van der Waals surface area contributed by atoms with Crippen LogP contribution in [0, 0.1) is 6.92 Å². The van der Waals surface area contributed by atoms with E-state index in [0.29, 0.717) is 0 Å². The predicted molar refractivity (Wildman–Crippen MR) is 85.2 cm³/mol. The fourth-order valence-corrected chi connectivity index (χ4v) is 3.09. The average Bonchev–Trinajstić information content (AvgIpc) is 2.50. The van der Waals surface area contributed by atoms with Gasteiger partial charge in [0, 0.05) is 11.3 Å². The standard InChI is InChI=1S/C17H26N2O2/c1-3-10-19-11-5-4-9-15(19)17(21)18-16-13(2)7-6-8-14(16)12-20/h6-8,15,20H,3-5,9-12H2,1-2H3,(H,18,21)/t15-/m0/s1. The highest BCUT2D eigenvalue weighted by Crippen LogP contribution is 2.23. The minimum Gasteiger partial charge on any atom is -0.392 e. The van der Waals surface area contributed by atoms with Gasteiger partial charge in [0.15, 0.2) is 0 Å². The van der Waals surface area contributed by atoms with Gasteiger partial charge in [-0.3, -0.25) is 9.69 Å². The summed E-state index contributed by atoms with van der Waals surface area (Å²) in [4.78, 5) is 14.9. The summed E-state index contributed by atoms with van der Waals surface area (Å²) in [5.74, 6) is 0.0622. The second-order valence-electron chi connectivity index (χ2n) is 5.80. The summed E-state index contributed by atoms with van der Waals surface area (Å²) in [6, 6.07) is 5.68. The summed E-state index contributed by atoms with van der Waals surface area (Å²) in [7, 11) is 0. The molecule has 21 heavy (non-hydrogen) atoms. The number of para-hydroxylation sites is 1. The van der Waals surface area contributed by atoms with Gasteiger partial charge in [-0.25, -0.2) is 0 Å². The zero-order chi connectivity index (χ0) is 15.2. The summed E-state index contributed by atoms with van der Waals surface area (Å²) in [5.41, 5.74) is 2.54. The molecule has 1 saturated heterocycles. The van der Waals surface area contributed by atoms with Crippen LogP contribution in [0.4, 0.5) is 5.69 Å². The molecule has 1 atom stereocenters. The molecule has 1 aromatic rings. The van der Waals surface area contributed by atoms with Crippen LogP contribution in [-0.4, -0.2) is 35.0 Å². The normalized spacial score (nSPS) is 19.5. The lowest BCUT2D eigenvalue weighted by Gasteiger charge is -2.34. The SMILES string of the molecule is CCCN1CCCC[C@H]1C(=O)Nc1c(C)cccc1CO. The minimum absolute atomic E-state index is 0.0372. The second kappa shape index (κ2) is 7.57. The van der Waals surface area contributed by atoms with Gasteiger partial charge in [-0.1, -0.05) is 31.5 Å². The number of rotatable bonds is 5. The Morgan fingerprint density at radius 3 is 2.95 bits per heavy atom. The van der Waals surface area contributed by atoms with Gasteiger partial charge < -0.3 is 10.4 Å². The number of carbonyl (C=O) groups excluding carboxylic acids is 1. The molecule has 0 aromatic heterocycles. The first kappa shape index (κ1) is 16.0. The van der Waals surface area contributed by atoms with Crippen LogP contribution >= 0.6 is 0 Å². The van der Waals surface area contributed by atoms with E-state index in [1.807, 2.05) is 25.1 Å². The van der Waals surface area contributed by atoms with Gasteiger partial charge >= 0.3 is 0 Å². The zero-order valence-electron chi connectivity index (χ0n) is 13.1. The number of nitrogens with one attached hydrogen (secondary N) is 1. The highest BCUT2D eigenvalue weighted by Gasteiger charge is 2.28. The maximum absolute atomic E-state index is 12.6. The maximum atomic E-state index is 12.6. The highest BCUT2D eigenvalue weighted by molar-refractivity contribution is 5.96. The van der Waals surface area contributed by atoms with Crippen LogP contribution in [0.1, 0.15) is 43.7 Å². The summed E-state index contributed by atoms with van der Waals surface area (Å²) in [6.07, 6.45) is 4.27. The third-order valence-corrected chi connectivity index (χ3v) is 4.20. The Balaban J connectivity index is 2.13. The number of amides is 1. The molecule has 2 rings (SSSR count). The molecule has 0 bridgehead atoms. The predicted octanol–water partition coefficient (Wildman–Crippen LogP) is 2.69. The number of anilines is 1. The van der Waals surface area contributed by atoms with Gasteiger partial charge in [0.25, 0.3) is 0 Å². The maximum Gasteiger partial charge on any atom is 0.241 e. The van der Waals surface area contributed by atoms with E-state index in [0.717, 1.165) is 49.2 Å². The molecular formula is C17H26N2O2. The van der Waals surface area contributed by atoms with Gasteiger partial charge in [-0.2, -0.15) is 0 Å². The first-order chi connectivity index (χ1) is 10.2. The van der Waals surface area contributed by atoms with E-state index < -0.39 is 0 Å². The number of hydrogen-bond acceptors (Lipinski definition) is 3. The zero-order valence-corrected chi connectivity index (χ0v) is 13.1. The second-order valence-corrected chi connectivity index (χ2v) is 5.80. The number of benzene rings is 1. The van der Waals surface area contributed by atoms with Crippen molar-refractivity contribution < 1.29 is 9.90 Å². The first-order valence-electron chi connectivity index (χ1n) is 7.91. The third-order valence-electron chi connectivity index (χ3n) is 4.20. The number of hydrogen-bond donors (Lipinski definition) is 2. The summed E-state index contributed by atoms with van der Waals surface area (Å²) in [6.45, 7) is 6.03. The molecule has 0 unspecified atom stereocenters. The van der Waals surface area contributed by atoms with Crippen molar-refractivity contribution in [3.63, 3.8) is 0 Å². The van der Waals surface area contributed by atoms with Crippen molar-refractivity contribution in [1.82, 2.24) is 4.90 Å². The minimum atomic E-state index is -0.0549. The van der Waals surface area contributed by atoms with E-state index in [-0.39, 0.29) is 18.6 Å². The third kappa shape index (κ3) is 3.83. The highest BCUT2D eigenvalue weighted by atomic mass is 16.3. The number of carbonyl (C=O) groups is 1. The Kier molecular flexibility index (Phi) is 5.76. The number of aliphatic hydroxyl groups excluding tert-OH is 1. The van der Waals surface area contributed by atoms with Crippen LogP contribution in [0.15, 0.2) is 18.2 Å². The van der Waals surface area contributed by atoms with Crippen LogP contribution in [0.2, 0.25) is 0 Å². The van der Waals surface area contributed by atoms with Gasteiger partial charge in [-0.05, 0) is 44.8 Å². The smallest absolute Gasteiger partial charge is 0.241 e. The Morgan fingerprint density at radius 2 is 2.24 bits per heavy atom. The summed E-state index contributed by atoms with van der Waals surface area (Å²) < 4.78 is 0. The topological polar surface area (TPSA) is 52.6 Å². The van der Waals surface area contributed by atoms with E-state index in [9.17, 15) is 9.90 Å². The largest absolute Gasteiger partial charge is 0.392 e. The molecule has 1 heterocycles. The van der Waals surface area contributed by atoms with Crippen LogP contribution < -0.4 is 5.32 Å². The molecule has 1 aliphatic heterocycles. The molecule has 4 nitrogen and oxygen atoms in total. The Bertz CT molecular complexity index is 486. The summed E-state index contributed by atoms with van der Waals surface area (Å²) >= 11 is 0. The van der Waals surface area contributed by atoms with Crippen molar-refractivity contribution in [3.8, 4) is 0 Å². The Labute approximate surface area is 127 Å². The molecular weight excluding hydrogens is 264 g/mol. The molecule has 0 spiro atoms. The lowest BCUT2D eigenvalue weighted by atomic mass is 10.0. The number of aryl methyl sites for hydroxylation is 1. The van der Waals surface area contributed by atoms with Gasteiger partial charge in [0.2, 0.25) is 5.91 Å². The van der Waals surface area contributed by atoms with E-state index in [2.05, 4.69) is 17.1 Å². The Morgan fingerprint density at radius 1 is 1.43 bits per heavy atom. The van der Waals surface area contributed by atoms with Crippen molar-refractivity contribution in [3.05, 3.63) is 29.3 Å². The average molecular weight is 290 g/mol. The van der Waals surface area contributed by atoms with Crippen molar-refractivity contribution >= 4 is 11.6 Å². The lowest BCUT2D eigenvalue weighted by Crippen LogP contribution is -2.47. The number of likely N-dealkylation sites (tertiary alicyclic amines) is 1. The van der Waals surface area contributed by atoms with Crippen molar-refractivity contribution in [2.75, 3.05) is 18.4 Å². The molecule has 0 radical (unpaired) electrons. The molecule has 0 saturated carbocycles. The molecule has 116 valence electrons. The van der Waals surface area contributed by atoms with Gasteiger partial charge in [0.05, 0.1) is 12.6 Å². The molecule has 1 aromatic carbocycles. The molecule has 4 heteroatoms. The van der Waals surface area contributed by atoms with Crippen molar-refractivity contribution in [2.45, 2.75) is 52.2 Å². The molecule has 0 aliphatic carbocycles. The Hall–Kier alpha value is -1.39. The van der Waals surface area contributed by atoms with Gasteiger partial charge in [0.1, 0.15) is 0 Å². The lowest BCUT2D eigenvalue weighted by molar-refractivity contribution is -0.122. The van der Waals surface area contributed by atoms with E-state index >= 15 is 0 Å². The molecule has 1 aliphatic rings. The van der Waals surface area contributed by atoms with E-state index in [1.165, 1.54) is 6.42 Å². The number of piperidine rings is 1. The molecule has 1 fully saturated rings. The fraction of sp³-hybridized carbons (Fsp3) is 0.588. The first-order valence-corrected chi connectivity index (χ1v) is 7.91. The van der Waals surface area contributed by atoms with Crippen LogP contribution in [-0.2, 0) is 11.4 Å². The number of aliphatic hydroxyl groups is 1. The molecule has 2 N–H and O–H groups in total.